The van der Waals surface area contributed by atoms with Crippen LogP contribution in [0.25, 0.3) is 0 Å². The molecule has 0 spiro atoms. The Morgan fingerprint density at radius 2 is 1.72 bits per heavy atom. The summed E-state index contributed by atoms with van der Waals surface area (Å²) in [7, 11) is 0. The number of carbonyl (C=O) groups is 1. The first kappa shape index (κ1) is 11.5. The molecule has 0 aromatic heterocycles. The number of rotatable bonds is 1. The van der Waals surface area contributed by atoms with Gasteiger partial charge in [-0.3, -0.25) is 0 Å². The molecule has 0 amide bonds. The molecule has 0 radical (unpaired) electrons. The molecule has 2 heteroatoms. The van der Waals surface area contributed by atoms with Crippen LogP contribution in [0.15, 0.2) is 42.5 Å². The van der Waals surface area contributed by atoms with Gasteiger partial charge in [0.15, 0.2) is 0 Å². The molecule has 1 aliphatic carbocycles. The summed E-state index contributed by atoms with van der Waals surface area (Å²) >= 11 is 6.06. The van der Waals surface area contributed by atoms with Gasteiger partial charge in [-0.15, -0.1) is 0 Å². The number of aldehydes is 1. The lowest BCUT2D eigenvalue weighted by molar-refractivity contribution is -0.108. The van der Waals surface area contributed by atoms with E-state index < -0.39 is 0 Å². The first-order valence-corrected chi connectivity index (χ1v) is 6.49. The van der Waals surface area contributed by atoms with Gasteiger partial charge in [0.05, 0.1) is 5.92 Å². The molecule has 2 aromatic rings. The predicted molar refractivity (Wildman–Crippen MR) is 73.2 cm³/mol. The lowest BCUT2D eigenvalue weighted by Crippen LogP contribution is -2.04. The van der Waals surface area contributed by atoms with Gasteiger partial charge in [-0.05, 0) is 47.2 Å². The maximum atomic E-state index is 11.5. The largest absolute Gasteiger partial charge is 0.302 e. The van der Waals surface area contributed by atoms with Gasteiger partial charge in [0.25, 0.3) is 0 Å². The first-order chi connectivity index (χ1) is 8.79. The number of hydrogen-bond acceptors (Lipinski definition) is 1. The van der Waals surface area contributed by atoms with Crippen molar-refractivity contribution in [2.75, 3.05) is 0 Å². The Bertz CT molecular complexity index is 604. The van der Waals surface area contributed by atoms with Crippen LogP contribution in [0.5, 0.6) is 0 Å². The van der Waals surface area contributed by atoms with E-state index in [0.717, 1.165) is 30.3 Å². The molecule has 0 saturated carbocycles. The van der Waals surface area contributed by atoms with Gasteiger partial charge in [-0.1, -0.05) is 41.9 Å². The van der Waals surface area contributed by atoms with Gasteiger partial charge >= 0.3 is 0 Å². The van der Waals surface area contributed by atoms with Crippen molar-refractivity contribution in [1.29, 1.82) is 0 Å². The predicted octanol–water partition coefficient (Wildman–Crippen LogP) is 3.77. The second kappa shape index (κ2) is 4.58. The third-order valence-electron chi connectivity index (χ3n) is 3.63. The van der Waals surface area contributed by atoms with Crippen LogP contribution in [-0.4, -0.2) is 6.29 Å². The Labute approximate surface area is 111 Å². The summed E-state index contributed by atoms with van der Waals surface area (Å²) in [6, 6.07) is 14.1. The second-order valence-electron chi connectivity index (χ2n) is 4.66. The number of hydrogen-bond donors (Lipinski definition) is 0. The monoisotopic (exact) mass is 256 g/mol. The molecule has 1 atom stereocenters. The van der Waals surface area contributed by atoms with E-state index in [0.29, 0.717) is 5.02 Å². The van der Waals surface area contributed by atoms with E-state index in [1.54, 1.807) is 0 Å². The molecule has 0 aliphatic heterocycles. The summed E-state index contributed by atoms with van der Waals surface area (Å²) in [5, 5.41) is 0.694. The molecule has 0 saturated heterocycles. The third-order valence-corrected chi connectivity index (χ3v) is 3.87. The van der Waals surface area contributed by atoms with Crippen LogP contribution in [0.4, 0.5) is 0 Å². The smallest absolute Gasteiger partial charge is 0.131 e. The number of fused-ring (bicyclic) bond motifs is 2. The molecular weight excluding hydrogens is 244 g/mol. The van der Waals surface area contributed by atoms with Gasteiger partial charge in [-0.25, -0.2) is 0 Å². The molecule has 0 fully saturated rings. The van der Waals surface area contributed by atoms with Crippen LogP contribution in [-0.2, 0) is 17.6 Å². The molecule has 90 valence electrons. The number of aryl methyl sites for hydroxylation is 2. The fraction of sp³-hybridized carbons (Fsp3) is 0.188. The van der Waals surface area contributed by atoms with Gasteiger partial charge in [-0.2, -0.15) is 0 Å². The highest BCUT2D eigenvalue weighted by Gasteiger charge is 2.22. The topological polar surface area (TPSA) is 17.1 Å². The van der Waals surface area contributed by atoms with E-state index in [1.165, 1.54) is 11.1 Å². The highest BCUT2D eigenvalue weighted by molar-refractivity contribution is 6.30. The molecule has 0 unspecified atom stereocenters. The second-order valence-corrected chi connectivity index (χ2v) is 5.09. The summed E-state index contributed by atoms with van der Waals surface area (Å²) < 4.78 is 0. The standard InChI is InChI=1S/C16H13ClO/c17-13-8-7-12-6-5-11-3-1-2-4-14(11)16(10-18)15(12)9-13/h1-4,7-10,16H,5-6H2/t16-/m0/s1. The molecule has 1 nitrogen and oxygen atoms in total. The zero-order valence-corrected chi connectivity index (χ0v) is 10.7. The van der Waals surface area contributed by atoms with Crippen molar-refractivity contribution in [1.82, 2.24) is 0 Å². The van der Waals surface area contributed by atoms with E-state index in [4.69, 9.17) is 11.6 Å². The van der Waals surface area contributed by atoms with E-state index in [2.05, 4.69) is 6.07 Å². The van der Waals surface area contributed by atoms with Crippen molar-refractivity contribution in [3.8, 4) is 0 Å². The maximum Gasteiger partial charge on any atom is 0.131 e. The lowest BCUT2D eigenvalue weighted by atomic mass is 9.89. The summed E-state index contributed by atoms with van der Waals surface area (Å²) in [5.41, 5.74) is 4.67. The van der Waals surface area contributed by atoms with Crippen LogP contribution in [0.1, 0.15) is 28.2 Å². The van der Waals surface area contributed by atoms with Crippen molar-refractivity contribution < 1.29 is 4.79 Å². The molecule has 1 aliphatic rings. The molecule has 0 bridgehead atoms. The van der Waals surface area contributed by atoms with Gasteiger partial charge < -0.3 is 4.79 Å². The Morgan fingerprint density at radius 1 is 1.00 bits per heavy atom. The minimum absolute atomic E-state index is 0.183. The molecule has 3 rings (SSSR count). The van der Waals surface area contributed by atoms with Crippen LogP contribution in [0.2, 0.25) is 5.02 Å². The zero-order chi connectivity index (χ0) is 12.5. The fourth-order valence-electron chi connectivity index (χ4n) is 2.73. The van der Waals surface area contributed by atoms with Crippen LogP contribution in [0.3, 0.4) is 0 Å². The quantitative estimate of drug-likeness (QED) is 0.710. The van der Waals surface area contributed by atoms with Crippen LogP contribution < -0.4 is 0 Å². The van der Waals surface area contributed by atoms with Gasteiger partial charge in [0.2, 0.25) is 0 Å². The van der Waals surface area contributed by atoms with Crippen LogP contribution in [0, 0.1) is 0 Å². The molecule has 2 aromatic carbocycles. The Hall–Kier alpha value is -1.60. The van der Waals surface area contributed by atoms with E-state index in [-0.39, 0.29) is 5.92 Å². The van der Waals surface area contributed by atoms with Crippen molar-refractivity contribution in [2.45, 2.75) is 18.8 Å². The third kappa shape index (κ3) is 1.85. The molecule has 0 heterocycles. The minimum Gasteiger partial charge on any atom is -0.302 e. The molecule has 18 heavy (non-hydrogen) atoms. The van der Waals surface area contributed by atoms with Crippen molar-refractivity contribution in [2.24, 2.45) is 0 Å². The Morgan fingerprint density at radius 3 is 2.50 bits per heavy atom. The van der Waals surface area contributed by atoms with Crippen molar-refractivity contribution in [3.05, 3.63) is 69.7 Å². The number of carbonyl (C=O) groups excluding carboxylic acids is 1. The molecular formula is C16H13ClO. The maximum absolute atomic E-state index is 11.5. The SMILES string of the molecule is O=C[C@H]1c2ccccc2CCc2ccc(Cl)cc21. The summed E-state index contributed by atoms with van der Waals surface area (Å²) in [4.78, 5) is 11.5. The summed E-state index contributed by atoms with van der Waals surface area (Å²) in [5.74, 6) is -0.183. The van der Waals surface area contributed by atoms with Crippen molar-refractivity contribution >= 4 is 17.9 Å². The van der Waals surface area contributed by atoms with E-state index >= 15 is 0 Å². The Kier molecular flexibility index (Phi) is 2.92. The van der Waals surface area contributed by atoms with Crippen molar-refractivity contribution in [3.63, 3.8) is 0 Å². The average Bonchev–Trinajstić information content (AvgIpc) is 2.54. The minimum atomic E-state index is -0.183. The summed E-state index contributed by atoms with van der Waals surface area (Å²) in [6.07, 6.45) is 2.97. The Balaban J connectivity index is 2.23. The number of halogens is 1. The lowest BCUT2D eigenvalue weighted by Gasteiger charge is -2.14. The highest BCUT2D eigenvalue weighted by Crippen LogP contribution is 2.34. The molecule has 0 N–H and O–H groups in total. The summed E-state index contributed by atoms with van der Waals surface area (Å²) in [6.45, 7) is 0. The first-order valence-electron chi connectivity index (χ1n) is 6.11. The normalized spacial score (nSPS) is 17.5. The average molecular weight is 257 g/mol. The highest BCUT2D eigenvalue weighted by atomic mass is 35.5. The van der Waals surface area contributed by atoms with E-state index in [9.17, 15) is 4.79 Å². The van der Waals surface area contributed by atoms with E-state index in [1.807, 2.05) is 36.4 Å². The van der Waals surface area contributed by atoms with Gasteiger partial charge in [0.1, 0.15) is 6.29 Å². The fourth-order valence-corrected chi connectivity index (χ4v) is 2.91. The van der Waals surface area contributed by atoms with Gasteiger partial charge in [0, 0.05) is 5.02 Å². The van der Waals surface area contributed by atoms with Crippen LogP contribution >= 0.6 is 11.6 Å². The zero-order valence-electron chi connectivity index (χ0n) is 9.90. The number of benzene rings is 2.